The number of pyridine rings is 2. The lowest BCUT2D eigenvalue weighted by Crippen LogP contribution is -2.03. The number of benzene rings is 1. The zero-order valence-electron chi connectivity index (χ0n) is 15.1. The minimum absolute atomic E-state index is 0.0541. The van der Waals surface area contributed by atoms with E-state index in [4.69, 9.17) is 10.00 Å². The second kappa shape index (κ2) is 8.91. The third-order valence-corrected chi connectivity index (χ3v) is 3.87. The SMILES string of the molecule is CCOc1ccc(Cc2ccc(C#N)nc2)nc1-c1cccc(OC(F)F)c1. The number of aromatic nitrogens is 2. The van der Waals surface area contributed by atoms with Gasteiger partial charge in [0.15, 0.2) is 0 Å². The number of hydrogen-bond donors (Lipinski definition) is 0. The number of hydrogen-bond acceptors (Lipinski definition) is 5. The van der Waals surface area contributed by atoms with Crippen LogP contribution >= 0.6 is 0 Å². The summed E-state index contributed by atoms with van der Waals surface area (Å²) in [4.78, 5) is 8.72. The van der Waals surface area contributed by atoms with Crippen LogP contribution in [0.3, 0.4) is 0 Å². The molecule has 28 heavy (non-hydrogen) atoms. The highest BCUT2D eigenvalue weighted by Crippen LogP contribution is 2.31. The summed E-state index contributed by atoms with van der Waals surface area (Å²) >= 11 is 0. The Morgan fingerprint density at radius 1 is 1.14 bits per heavy atom. The largest absolute Gasteiger partial charge is 0.492 e. The maximum atomic E-state index is 12.5. The summed E-state index contributed by atoms with van der Waals surface area (Å²) in [5.74, 6) is 0.608. The maximum absolute atomic E-state index is 12.5. The van der Waals surface area contributed by atoms with Crippen molar-refractivity contribution in [1.29, 1.82) is 5.26 Å². The minimum Gasteiger partial charge on any atom is -0.492 e. The summed E-state index contributed by atoms with van der Waals surface area (Å²) in [6.45, 7) is -0.596. The van der Waals surface area contributed by atoms with Gasteiger partial charge in [0.2, 0.25) is 0 Å². The predicted molar refractivity (Wildman–Crippen MR) is 99.2 cm³/mol. The lowest BCUT2D eigenvalue weighted by molar-refractivity contribution is -0.0498. The van der Waals surface area contributed by atoms with Crippen LogP contribution in [0.4, 0.5) is 8.78 Å². The first kappa shape index (κ1) is 19.2. The van der Waals surface area contributed by atoms with Gasteiger partial charge in [-0.25, -0.2) is 9.97 Å². The van der Waals surface area contributed by atoms with Crippen LogP contribution in [0.2, 0.25) is 0 Å². The van der Waals surface area contributed by atoms with Gasteiger partial charge in [0, 0.05) is 23.9 Å². The van der Waals surface area contributed by atoms with Gasteiger partial charge in [0.05, 0.1) is 6.61 Å². The van der Waals surface area contributed by atoms with E-state index >= 15 is 0 Å². The summed E-state index contributed by atoms with van der Waals surface area (Å²) in [6, 6.07) is 15.4. The lowest BCUT2D eigenvalue weighted by Gasteiger charge is -2.13. The monoisotopic (exact) mass is 381 g/mol. The molecule has 0 amide bonds. The number of halogens is 2. The second-order valence-electron chi connectivity index (χ2n) is 5.83. The Bertz CT molecular complexity index is 986. The van der Waals surface area contributed by atoms with Crippen molar-refractivity contribution in [3.8, 4) is 28.8 Å². The highest BCUT2D eigenvalue weighted by atomic mass is 19.3. The van der Waals surface area contributed by atoms with Gasteiger partial charge in [0.1, 0.15) is 29.0 Å². The van der Waals surface area contributed by atoms with Crippen LogP contribution < -0.4 is 9.47 Å². The summed E-state index contributed by atoms with van der Waals surface area (Å²) in [5.41, 5.74) is 3.16. The molecule has 0 radical (unpaired) electrons. The van der Waals surface area contributed by atoms with Crippen molar-refractivity contribution in [3.05, 3.63) is 71.7 Å². The zero-order chi connectivity index (χ0) is 19.9. The molecule has 3 rings (SSSR count). The average molecular weight is 381 g/mol. The third kappa shape index (κ3) is 4.80. The van der Waals surface area contributed by atoms with Gasteiger partial charge < -0.3 is 9.47 Å². The molecule has 3 aromatic rings. The highest BCUT2D eigenvalue weighted by Gasteiger charge is 2.13. The molecule has 0 spiro atoms. The molecule has 0 saturated carbocycles. The van der Waals surface area contributed by atoms with Crippen molar-refractivity contribution in [3.63, 3.8) is 0 Å². The minimum atomic E-state index is -2.90. The first-order valence-corrected chi connectivity index (χ1v) is 8.62. The third-order valence-electron chi connectivity index (χ3n) is 3.87. The molecule has 5 nitrogen and oxygen atoms in total. The van der Waals surface area contributed by atoms with Gasteiger partial charge in [-0.2, -0.15) is 14.0 Å². The molecule has 0 N–H and O–H groups in total. The van der Waals surface area contributed by atoms with Gasteiger partial charge in [-0.1, -0.05) is 18.2 Å². The molecule has 1 aromatic carbocycles. The van der Waals surface area contributed by atoms with Gasteiger partial charge in [-0.05, 0) is 42.8 Å². The molecule has 0 atom stereocenters. The molecular formula is C21H17F2N3O2. The lowest BCUT2D eigenvalue weighted by atomic mass is 10.1. The molecule has 0 fully saturated rings. The van der Waals surface area contributed by atoms with Gasteiger partial charge in [0.25, 0.3) is 0 Å². The van der Waals surface area contributed by atoms with E-state index in [-0.39, 0.29) is 5.75 Å². The molecule has 0 saturated heterocycles. The van der Waals surface area contributed by atoms with Crippen LogP contribution in [0.15, 0.2) is 54.7 Å². The summed E-state index contributed by atoms with van der Waals surface area (Å²) in [7, 11) is 0. The predicted octanol–water partition coefficient (Wildman–Crippen LogP) is 4.61. The van der Waals surface area contributed by atoms with E-state index in [9.17, 15) is 8.78 Å². The topological polar surface area (TPSA) is 68.0 Å². The van der Waals surface area contributed by atoms with Crippen LogP contribution in [0.25, 0.3) is 11.3 Å². The Hall–Kier alpha value is -3.53. The fourth-order valence-corrected chi connectivity index (χ4v) is 2.69. The van der Waals surface area contributed by atoms with Crippen molar-refractivity contribution >= 4 is 0 Å². The van der Waals surface area contributed by atoms with E-state index in [1.807, 2.05) is 25.1 Å². The van der Waals surface area contributed by atoms with E-state index in [2.05, 4.69) is 14.7 Å². The Morgan fingerprint density at radius 3 is 2.68 bits per heavy atom. The van der Waals surface area contributed by atoms with Crippen LogP contribution in [-0.2, 0) is 6.42 Å². The quantitative estimate of drug-likeness (QED) is 0.598. The fourth-order valence-electron chi connectivity index (χ4n) is 2.69. The number of rotatable bonds is 7. The van der Waals surface area contributed by atoms with Crippen LogP contribution in [0.5, 0.6) is 11.5 Å². The molecule has 142 valence electrons. The van der Waals surface area contributed by atoms with E-state index in [1.165, 1.54) is 12.1 Å². The Balaban J connectivity index is 1.94. The van der Waals surface area contributed by atoms with Crippen LogP contribution in [-0.4, -0.2) is 23.2 Å². The summed E-state index contributed by atoms with van der Waals surface area (Å²) in [6.07, 6.45) is 2.14. The molecule has 0 aliphatic rings. The summed E-state index contributed by atoms with van der Waals surface area (Å²) < 4.78 is 35.2. The van der Waals surface area contributed by atoms with Gasteiger partial charge in [-0.3, -0.25) is 0 Å². The molecule has 0 bridgehead atoms. The molecule has 0 unspecified atom stereocenters. The van der Waals surface area contributed by atoms with Gasteiger partial charge >= 0.3 is 6.61 Å². The molecule has 7 heteroatoms. The van der Waals surface area contributed by atoms with Crippen LogP contribution in [0, 0.1) is 11.3 Å². The second-order valence-corrected chi connectivity index (χ2v) is 5.83. The first-order valence-electron chi connectivity index (χ1n) is 8.62. The zero-order valence-corrected chi connectivity index (χ0v) is 15.1. The smallest absolute Gasteiger partial charge is 0.387 e. The van der Waals surface area contributed by atoms with Crippen LogP contribution in [0.1, 0.15) is 23.9 Å². The van der Waals surface area contributed by atoms with E-state index in [0.29, 0.717) is 35.7 Å². The average Bonchev–Trinajstić information content (AvgIpc) is 2.69. The van der Waals surface area contributed by atoms with Crippen molar-refractivity contribution < 1.29 is 18.3 Å². The molecule has 0 aliphatic heterocycles. The number of nitrogens with zero attached hydrogens (tertiary/aromatic N) is 3. The number of alkyl halides is 2. The fraction of sp³-hybridized carbons (Fsp3) is 0.190. The van der Waals surface area contributed by atoms with Gasteiger partial charge in [-0.15, -0.1) is 0 Å². The van der Waals surface area contributed by atoms with Crippen molar-refractivity contribution in [2.75, 3.05) is 6.61 Å². The van der Waals surface area contributed by atoms with E-state index in [1.54, 1.807) is 30.5 Å². The molecular weight excluding hydrogens is 364 g/mol. The first-order chi connectivity index (χ1) is 13.6. The number of nitriles is 1. The summed E-state index contributed by atoms with van der Waals surface area (Å²) in [5, 5.41) is 8.84. The Morgan fingerprint density at radius 2 is 2.00 bits per heavy atom. The van der Waals surface area contributed by atoms with E-state index < -0.39 is 6.61 Å². The van der Waals surface area contributed by atoms with Crippen molar-refractivity contribution in [2.24, 2.45) is 0 Å². The standard InChI is InChI=1S/C21H17F2N3O2/c1-2-27-19-9-8-16(10-14-6-7-17(12-24)25-13-14)26-20(19)15-4-3-5-18(11-15)28-21(22)23/h3-9,11,13,21H,2,10H2,1H3. The Kier molecular flexibility index (Phi) is 6.12. The normalized spacial score (nSPS) is 10.5. The molecule has 2 aromatic heterocycles. The Labute approximate surface area is 161 Å². The van der Waals surface area contributed by atoms with Crippen molar-refractivity contribution in [2.45, 2.75) is 20.0 Å². The maximum Gasteiger partial charge on any atom is 0.387 e. The molecule has 0 aliphatic carbocycles. The van der Waals surface area contributed by atoms with E-state index in [0.717, 1.165) is 11.3 Å². The highest BCUT2D eigenvalue weighted by molar-refractivity contribution is 5.68. The van der Waals surface area contributed by atoms with Crippen molar-refractivity contribution in [1.82, 2.24) is 9.97 Å². The number of ether oxygens (including phenoxy) is 2. The molecule has 2 heterocycles.